The summed E-state index contributed by atoms with van der Waals surface area (Å²) in [6.07, 6.45) is 1.48. The Morgan fingerprint density at radius 2 is 2.54 bits per heavy atom. The Bertz CT molecular complexity index is 287. The van der Waals surface area contributed by atoms with Crippen LogP contribution in [0, 0.1) is 18.3 Å². The lowest BCUT2D eigenvalue weighted by atomic mass is 10.3. The van der Waals surface area contributed by atoms with E-state index >= 15 is 0 Å². The number of hydrogen-bond donors (Lipinski definition) is 1. The van der Waals surface area contributed by atoms with E-state index in [2.05, 4.69) is 16.5 Å². The molecule has 0 aromatic carbocycles. The van der Waals surface area contributed by atoms with Gasteiger partial charge in [-0.1, -0.05) is 5.16 Å². The van der Waals surface area contributed by atoms with Crippen molar-refractivity contribution in [2.24, 2.45) is 0 Å². The van der Waals surface area contributed by atoms with Crippen LogP contribution in [0.25, 0.3) is 0 Å². The molecule has 4 heteroatoms. The second kappa shape index (κ2) is 5.33. The third-order valence-electron chi connectivity index (χ3n) is 1.62. The molecule has 0 aliphatic rings. The lowest BCUT2D eigenvalue weighted by Crippen LogP contribution is -2.13. The van der Waals surface area contributed by atoms with Gasteiger partial charge in [0.25, 0.3) is 0 Å². The Morgan fingerprint density at radius 3 is 3.15 bits per heavy atom. The Morgan fingerprint density at radius 1 is 1.69 bits per heavy atom. The molecule has 4 nitrogen and oxygen atoms in total. The fraction of sp³-hybridized carbons (Fsp3) is 0.556. The summed E-state index contributed by atoms with van der Waals surface area (Å²) >= 11 is 0. The van der Waals surface area contributed by atoms with E-state index in [0.29, 0.717) is 13.0 Å². The van der Waals surface area contributed by atoms with Gasteiger partial charge in [-0.2, -0.15) is 5.26 Å². The second-order valence-electron chi connectivity index (χ2n) is 2.87. The zero-order valence-corrected chi connectivity index (χ0v) is 7.71. The molecular weight excluding hydrogens is 166 g/mol. The van der Waals surface area contributed by atoms with Gasteiger partial charge >= 0.3 is 0 Å². The van der Waals surface area contributed by atoms with Crippen molar-refractivity contribution in [3.05, 3.63) is 17.5 Å². The molecule has 1 heterocycles. The highest BCUT2D eigenvalue weighted by molar-refractivity contribution is 5.02. The molecular formula is C9H13N3O. The zero-order chi connectivity index (χ0) is 9.52. The summed E-state index contributed by atoms with van der Waals surface area (Å²) < 4.78 is 4.99. The summed E-state index contributed by atoms with van der Waals surface area (Å²) in [5, 5.41) is 15.2. The van der Waals surface area contributed by atoms with E-state index in [1.54, 1.807) is 0 Å². The minimum atomic E-state index is 0.600. The molecule has 13 heavy (non-hydrogen) atoms. The molecule has 0 aliphatic carbocycles. The van der Waals surface area contributed by atoms with Gasteiger partial charge in [0, 0.05) is 12.5 Å². The van der Waals surface area contributed by atoms with Crippen LogP contribution in [-0.2, 0) is 6.54 Å². The summed E-state index contributed by atoms with van der Waals surface area (Å²) in [5.41, 5.74) is 0.897. The maximum Gasteiger partial charge on any atom is 0.150 e. The number of aryl methyl sites for hydroxylation is 1. The fourth-order valence-corrected chi connectivity index (χ4v) is 1.00. The third-order valence-corrected chi connectivity index (χ3v) is 1.62. The van der Waals surface area contributed by atoms with Crippen LogP contribution in [0.3, 0.4) is 0 Å². The van der Waals surface area contributed by atoms with Gasteiger partial charge in [0.1, 0.15) is 0 Å². The molecule has 1 aromatic rings. The molecule has 1 N–H and O–H groups in total. The number of nitriles is 1. The summed E-state index contributed by atoms with van der Waals surface area (Å²) in [6.45, 7) is 3.42. The first kappa shape index (κ1) is 9.75. The van der Waals surface area contributed by atoms with E-state index in [-0.39, 0.29) is 0 Å². The number of nitrogens with one attached hydrogen (secondary N) is 1. The van der Waals surface area contributed by atoms with Gasteiger partial charge in [-0.15, -0.1) is 0 Å². The van der Waals surface area contributed by atoms with Gasteiger partial charge in [-0.3, -0.25) is 0 Å². The van der Waals surface area contributed by atoms with Gasteiger partial charge in [0.2, 0.25) is 0 Å². The first-order chi connectivity index (χ1) is 6.33. The number of aromatic nitrogens is 1. The van der Waals surface area contributed by atoms with Crippen LogP contribution in [-0.4, -0.2) is 11.7 Å². The quantitative estimate of drug-likeness (QED) is 0.693. The Balaban J connectivity index is 2.10. The molecule has 0 radical (unpaired) electrons. The van der Waals surface area contributed by atoms with Crippen LogP contribution in [0.2, 0.25) is 0 Å². The number of unbranched alkanes of at least 4 members (excludes halogenated alkanes) is 1. The van der Waals surface area contributed by atoms with Gasteiger partial charge in [0.15, 0.2) is 5.76 Å². The molecule has 0 amide bonds. The predicted molar refractivity (Wildman–Crippen MR) is 47.8 cm³/mol. The number of nitrogens with zero attached hydrogens (tertiary/aromatic N) is 2. The van der Waals surface area contributed by atoms with Crippen molar-refractivity contribution < 1.29 is 4.52 Å². The SMILES string of the molecule is Cc1cc(CNCCCC#N)on1. The summed E-state index contributed by atoms with van der Waals surface area (Å²) in [4.78, 5) is 0. The smallest absolute Gasteiger partial charge is 0.150 e. The lowest BCUT2D eigenvalue weighted by Gasteiger charge is -1.97. The van der Waals surface area contributed by atoms with Crippen LogP contribution in [0.5, 0.6) is 0 Å². The molecule has 70 valence electrons. The van der Waals surface area contributed by atoms with E-state index in [1.165, 1.54) is 0 Å². The van der Waals surface area contributed by atoms with E-state index in [9.17, 15) is 0 Å². The minimum absolute atomic E-state index is 0.600. The van der Waals surface area contributed by atoms with Crippen molar-refractivity contribution in [3.63, 3.8) is 0 Å². The molecule has 0 saturated carbocycles. The largest absolute Gasteiger partial charge is 0.360 e. The van der Waals surface area contributed by atoms with Gasteiger partial charge in [0.05, 0.1) is 18.3 Å². The van der Waals surface area contributed by atoms with Crippen LogP contribution >= 0.6 is 0 Å². The first-order valence-electron chi connectivity index (χ1n) is 4.33. The standard InChI is InChI=1S/C9H13N3O/c1-8-6-9(13-12-8)7-11-5-3-2-4-10/h6,11H,2-3,5,7H2,1H3. The molecule has 1 aromatic heterocycles. The summed E-state index contributed by atoms with van der Waals surface area (Å²) in [6, 6.07) is 3.99. The highest BCUT2D eigenvalue weighted by Gasteiger charge is 1.98. The first-order valence-corrected chi connectivity index (χ1v) is 4.33. The number of rotatable bonds is 5. The number of hydrogen-bond acceptors (Lipinski definition) is 4. The van der Waals surface area contributed by atoms with E-state index in [0.717, 1.165) is 24.4 Å². The van der Waals surface area contributed by atoms with Gasteiger partial charge < -0.3 is 9.84 Å². The van der Waals surface area contributed by atoms with Crippen LogP contribution in [0.15, 0.2) is 10.6 Å². The highest BCUT2D eigenvalue weighted by Crippen LogP contribution is 2.00. The maximum atomic E-state index is 8.28. The normalized spacial score (nSPS) is 9.85. The van der Waals surface area contributed by atoms with Crippen molar-refractivity contribution in [2.45, 2.75) is 26.3 Å². The predicted octanol–water partition coefficient (Wildman–Crippen LogP) is 1.38. The topological polar surface area (TPSA) is 61.9 Å². The van der Waals surface area contributed by atoms with Crippen molar-refractivity contribution >= 4 is 0 Å². The van der Waals surface area contributed by atoms with E-state index < -0.39 is 0 Å². The lowest BCUT2D eigenvalue weighted by molar-refractivity contribution is 0.369. The maximum absolute atomic E-state index is 8.28. The van der Waals surface area contributed by atoms with Crippen molar-refractivity contribution in [1.29, 1.82) is 5.26 Å². The summed E-state index contributed by atoms with van der Waals surface area (Å²) in [7, 11) is 0. The van der Waals surface area contributed by atoms with Crippen LogP contribution < -0.4 is 5.32 Å². The molecule has 0 saturated heterocycles. The monoisotopic (exact) mass is 179 g/mol. The molecule has 0 spiro atoms. The van der Waals surface area contributed by atoms with Crippen molar-refractivity contribution in [3.8, 4) is 6.07 Å². The van der Waals surface area contributed by atoms with Gasteiger partial charge in [-0.05, 0) is 19.9 Å². The molecule has 0 bridgehead atoms. The minimum Gasteiger partial charge on any atom is -0.360 e. The summed E-state index contributed by atoms with van der Waals surface area (Å²) in [5.74, 6) is 0.842. The fourth-order valence-electron chi connectivity index (χ4n) is 1.00. The van der Waals surface area contributed by atoms with Crippen LogP contribution in [0.4, 0.5) is 0 Å². The van der Waals surface area contributed by atoms with Gasteiger partial charge in [-0.25, -0.2) is 0 Å². The van der Waals surface area contributed by atoms with E-state index in [1.807, 2.05) is 13.0 Å². The zero-order valence-electron chi connectivity index (χ0n) is 7.71. The Kier molecular flexibility index (Phi) is 4.00. The Labute approximate surface area is 77.5 Å². The Hall–Kier alpha value is -1.34. The van der Waals surface area contributed by atoms with Crippen LogP contribution in [0.1, 0.15) is 24.3 Å². The van der Waals surface area contributed by atoms with E-state index in [4.69, 9.17) is 9.78 Å². The molecule has 0 aliphatic heterocycles. The molecule has 1 rings (SSSR count). The average molecular weight is 179 g/mol. The van der Waals surface area contributed by atoms with Crippen molar-refractivity contribution in [1.82, 2.24) is 10.5 Å². The van der Waals surface area contributed by atoms with Crippen molar-refractivity contribution in [2.75, 3.05) is 6.54 Å². The molecule has 0 unspecified atom stereocenters. The third kappa shape index (κ3) is 3.72. The second-order valence-corrected chi connectivity index (χ2v) is 2.87. The average Bonchev–Trinajstić information content (AvgIpc) is 2.51. The molecule has 0 fully saturated rings. The highest BCUT2D eigenvalue weighted by atomic mass is 16.5. The molecule has 0 atom stereocenters.